The van der Waals surface area contributed by atoms with E-state index in [1.54, 1.807) is 0 Å². The van der Waals surface area contributed by atoms with Crippen LogP contribution in [0.25, 0.3) is 0 Å². The van der Waals surface area contributed by atoms with Gasteiger partial charge in [0.2, 0.25) is 0 Å². The highest BCUT2D eigenvalue weighted by Gasteiger charge is 2.54. The molecule has 0 amide bonds. The van der Waals surface area contributed by atoms with Crippen LogP contribution in [0, 0.1) is 0 Å². The van der Waals surface area contributed by atoms with Crippen LogP contribution in [0.2, 0.25) is 0 Å². The maximum absolute atomic E-state index is 11.0. The molecule has 2 rings (SSSR count). The number of ether oxygens (including phenoxy) is 2. The minimum atomic E-state index is -2.25. The molecule has 0 aliphatic carbocycles. The third-order valence-electron chi connectivity index (χ3n) is 4.69. The summed E-state index contributed by atoms with van der Waals surface area (Å²) >= 11 is 0. The average Bonchev–Trinajstić information content (AvgIpc) is 2.60. The largest absolute Gasteiger partial charge is 0.388 e. The van der Waals surface area contributed by atoms with Crippen molar-refractivity contribution >= 4 is 6.29 Å². The molecule has 0 bridgehead atoms. The Morgan fingerprint density at radius 2 is 1.64 bits per heavy atom. The Kier molecular flexibility index (Phi) is 6.31. The minimum absolute atomic E-state index is 0.162. The van der Waals surface area contributed by atoms with Gasteiger partial charge in [0.15, 0.2) is 11.9 Å². The summed E-state index contributed by atoms with van der Waals surface area (Å²) in [6, 6.07) is 0. The Bertz CT molecular complexity index is 352. The summed E-state index contributed by atoms with van der Waals surface area (Å²) in [4.78, 5) is 11.0. The molecule has 3 unspecified atom stereocenters. The molecule has 6 atom stereocenters. The molecule has 2 heterocycles. The highest BCUT2D eigenvalue weighted by atomic mass is 16.5. The molecule has 0 spiro atoms. The van der Waals surface area contributed by atoms with Crippen LogP contribution in [0.3, 0.4) is 0 Å². The summed E-state index contributed by atoms with van der Waals surface area (Å²) in [6.45, 7) is 0.852. The molecule has 0 saturated carbocycles. The second-order valence-electron chi connectivity index (χ2n) is 6.16. The third-order valence-corrected chi connectivity index (χ3v) is 4.69. The average molecular weight is 318 g/mol. The van der Waals surface area contributed by atoms with Crippen molar-refractivity contribution in [3.63, 3.8) is 0 Å². The van der Waals surface area contributed by atoms with Gasteiger partial charge in [-0.2, -0.15) is 0 Å². The van der Waals surface area contributed by atoms with Gasteiger partial charge >= 0.3 is 0 Å². The van der Waals surface area contributed by atoms with E-state index >= 15 is 0 Å². The van der Waals surface area contributed by atoms with Crippen molar-refractivity contribution in [3.8, 4) is 0 Å². The molecule has 2 saturated heterocycles. The zero-order chi connectivity index (χ0) is 16.2. The van der Waals surface area contributed by atoms with Gasteiger partial charge in [-0.05, 0) is 38.5 Å². The highest BCUT2D eigenvalue weighted by Crippen LogP contribution is 2.32. The van der Waals surface area contributed by atoms with E-state index in [2.05, 4.69) is 0 Å². The van der Waals surface area contributed by atoms with Gasteiger partial charge in [0, 0.05) is 13.2 Å². The van der Waals surface area contributed by atoms with Crippen molar-refractivity contribution in [2.24, 2.45) is 0 Å². The van der Waals surface area contributed by atoms with E-state index in [4.69, 9.17) is 9.47 Å². The monoisotopic (exact) mass is 318 g/mol. The molecule has 7 nitrogen and oxygen atoms in total. The van der Waals surface area contributed by atoms with E-state index in [0.29, 0.717) is 26.1 Å². The fraction of sp³-hybridized carbons (Fsp3) is 0.933. The van der Waals surface area contributed by atoms with Gasteiger partial charge in [0.05, 0.1) is 12.2 Å². The highest BCUT2D eigenvalue weighted by molar-refractivity contribution is 5.58. The number of aliphatic hydroxyl groups is 4. The van der Waals surface area contributed by atoms with Crippen LogP contribution in [-0.4, -0.2) is 76.0 Å². The third kappa shape index (κ3) is 3.50. The smallest absolute Gasteiger partial charge is 0.151 e. The number of carbonyl (C=O) groups excluding carboxylic acids is 1. The Balaban J connectivity index is 2.17. The first-order valence-electron chi connectivity index (χ1n) is 7.97. The van der Waals surface area contributed by atoms with Gasteiger partial charge in [0.1, 0.15) is 18.3 Å². The van der Waals surface area contributed by atoms with Crippen LogP contribution in [-0.2, 0) is 14.3 Å². The molecule has 0 radical (unpaired) electrons. The maximum atomic E-state index is 11.0. The minimum Gasteiger partial charge on any atom is -0.388 e. The lowest BCUT2D eigenvalue weighted by Crippen LogP contribution is -2.66. The lowest BCUT2D eigenvalue weighted by atomic mass is 9.78. The summed E-state index contributed by atoms with van der Waals surface area (Å²) in [5.74, 6) is 0. The molecular formula is C15H26O7. The Morgan fingerprint density at radius 1 is 1.00 bits per heavy atom. The summed E-state index contributed by atoms with van der Waals surface area (Å²) in [6.07, 6.45) is -2.10. The summed E-state index contributed by atoms with van der Waals surface area (Å²) in [5, 5.41) is 41.5. The van der Waals surface area contributed by atoms with Crippen LogP contribution < -0.4 is 0 Å². The van der Waals surface area contributed by atoms with Gasteiger partial charge in [-0.15, -0.1) is 0 Å². The second-order valence-corrected chi connectivity index (χ2v) is 6.16. The molecule has 0 aromatic carbocycles. The van der Waals surface area contributed by atoms with E-state index < -0.39 is 36.1 Å². The Labute approximate surface area is 129 Å². The van der Waals surface area contributed by atoms with Crippen LogP contribution >= 0.6 is 0 Å². The van der Waals surface area contributed by atoms with Crippen molar-refractivity contribution in [2.45, 2.75) is 74.6 Å². The van der Waals surface area contributed by atoms with E-state index in [1.165, 1.54) is 0 Å². The topological polar surface area (TPSA) is 116 Å². The lowest BCUT2D eigenvalue weighted by molar-refractivity contribution is -0.246. The van der Waals surface area contributed by atoms with Crippen molar-refractivity contribution in [2.75, 3.05) is 13.2 Å². The summed E-state index contributed by atoms with van der Waals surface area (Å²) < 4.78 is 10.9. The van der Waals surface area contributed by atoms with Crippen molar-refractivity contribution in [1.82, 2.24) is 0 Å². The first-order valence-corrected chi connectivity index (χ1v) is 7.97. The molecule has 0 aromatic rings. The van der Waals surface area contributed by atoms with Crippen molar-refractivity contribution < 1.29 is 34.7 Å². The number of carbonyl (C=O) groups is 1. The van der Waals surface area contributed by atoms with Crippen LogP contribution in [0.4, 0.5) is 0 Å². The maximum Gasteiger partial charge on any atom is 0.151 e. The molecule has 2 aliphatic heterocycles. The molecule has 0 aromatic heterocycles. The fourth-order valence-corrected chi connectivity index (χ4v) is 3.28. The van der Waals surface area contributed by atoms with E-state index in [9.17, 15) is 25.2 Å². The van der Waals surface area contributed by atoms with Gasteiger partial charge in [-0.25, -0.2) is 0 Å². The zero-order valence-corrected chi connectivity index (χ0v) is 12.6. The first kappa shape index (κ1) is 17.8. The molecule has 22 heavy (non-hydrogen) atoms. The van der Waals surface area contributed by atoms with Crippen molar-refractivity contribution in [3.05, 3.63) is 0 Å². The van der Waals surface area contributed by atoms with Crippen LogP contribution in [0.1, 0.15) is 38.5 Å². The Hall–Kier alpha value is -0.570. The van der Waals surface area contributed by atoms with Crippen LogP contribution in [0.15, 0.2) is 0 Å². The molecule has 4 N–H and O–H groups in total. The summed E-state index contributed by atoms with van der Waals surface area (Å²) in [5.41, 5.74) is -2.25. The first-order chi connectivity index (χ1) is 10.5. The number of hydrogen-bond acceptors (Lipinski definition) is 7. The molecule has 2 aliphatic rings. The number of hydrogen-bond donors (Lipinski definition) is 4. The molecule has 128 valence electrons. The SMILES string of the molecule is O=C[C@@H](O)[C@@](O)(C1CCCCO1)[C@H](O)C(O)C1CCCCO1. The number of rotatable bonds is 6. The predicted octanol–water partition coefficient (Wildman–Crippen LogP) is -0.863. The van der Waals surface area contributed by atoms with Crippen molar-refractivity contribution in [1.29, 1.82) is 0 Å². The Morgan fingerprint density at radius 3 is 2.14 bits per heavy atom. The van der Waals surface area contributed by atoms with Crippen LogP contribution in [0.5, 0.6) is 0 Å². The van der Waals surface area contributed by atoms with Gasteiger partial charge in [-0.1, -0.05) is 0 Å². The van der Waals surface area contributed by atoms with Gasteiger partial charge < -0.3 is 34.7 Å². The molecule has 7 heteroatoms. The molecular weight excluding hydrogens is 292 g/mol. The summed E-state index contributed by atoms with van der Waals surface area (Å²) in [7, 11) is 0. The number of aliphatic hydroxyl groups excluding tert-OH is 3. The quantitative estimate of drug-likeness (QED) is 0.471. The lowest BCUT2D eigenvalue weighted by Gasteiger charge is -2.45. The standard InChI is InChI=1S/C15H26O7/c16-9-11(17)15(20,12-6-2-4-8-22-12)14(19)13(18)10-5-1-3-7-21-10/h9-14,17-20H,1-8H2/t10?,11-,12?,13?,14-,15-/m1/s1. The fourth-order valence-electron chi connectivity index (χ4n) is 3.28. The predicted molar refractivity (Wildman–Crippen MR) is 76.2 cm³/mol. The zero-order valence-electron chi connectivity index (χ0n) is 12.6. The second kappa shape index (κ2) is 7.81. The normalized spacial score (nSPS) is 33.5. The van der Waals surface area contributed by atoms with E-state index in [1.807, 2.05) is 0 Å². The van der Waals surface area contributed by atoms with E-state index in [-0.39, 0.29) is 6.29 Å². The molecule has 2 fully saturated rings. The van der Waals surface area contributed by atoms with E-state index in [0.717, 1.165) is 25.7 Å². The van der Waals surface area contributed by atoms with Gasteiger partial charge in [0.25, 0.3) is 0 Å². The number of aldehydes is 1. The van der Waals surface area contributed by atoms with Gasteiger partial charge in [-0.3, -0.25) is 0 Å².